The Morgan fingerprint density at radius 3 is 2.96 bits per heavy atom. The second kappa shape index (κ2) is 7.34. The number of nitrogens with zero attached hydrogens (tertiary/aromatic N) is 2. The first-order valence-electron chi connectivity index (χ1n) is 8.17. The quantitative estimate of drug-likeness (QED) is 0.902. The molecule has 130 valence electrons. The predicted octanol–water partition coefficient (Wildman–Crippen LogP) is 1.93. The summed E-state index contributed by atoms with van der Waals surface area (Å²) in [7, 11) is 0. The zero-order valence-electron chi connectivity index (χ0n) is 14.2. The van der Waals surface area contributed by atoms with Crippen molar-refractivity contribution in [2.75, 3.05) is 32.9 Å². The number of aromatic nitrogens is 1. The molecule has 1 unspecified atom stereocenters. The van der Waals surface area contributed by atoms with Crippen LogP contribution in [0.2, 0.25) is 0 Å². The molecule has 1 atom stereocenters. The molecule has 1 aliphatic rings. The van der Waals surface area contributed by atoms with Crippen LogP contribution in [0.5, 0.6) is 5.75 Å². The van der Waals surface area contributed by atoms with Crippen molar-refractivity contribution in [2.24, 2.45) is 0 Å². The summed E-state index contributed by atoms with van der Waals surface area (Å²) in [6.45, 7) is 6.71. The van der Waals surface area contributed by atoms with Gasteiger partial charge in [0.2, 0.25) is 0 Å². The average molecular weight is 332 g/mol. The lowest BCUT2D eigenvalue weighted by atomic mass is 10.1. The number of ether oxygens (including phenoxy) is 2. The third-order valence-electron chi connectivity index (χ3n) is 4.00. The number of aryl methyl sites for hydroxylation is 2. The van der Waals surface area contributed by atoms with E-state index in [2.05, 4.69) is 10.1 Å². The molecule has 24 heavy (non-hydrogen) atoms. The molecule has 1 saturated heterocycles. The smallest absolute Gasteiger partial charge is 0.134 e. The molecule has 0 amide bonds. The van der Waals surface area contributed by atoms with E-state index in [0.29, 0.717) is 19.7 Å². The lowest BCUT2D eigenvalue weighted by Gasteiger charge is -2.30. The van der Waals surface area contributed by atoms with Gasteiger partial charge in [0.05, 0.1) is 18.9 Å². The van der Waals surface area contributed by atoms with Crippen LogP contribution in [0, 0.1) is 13.8 Å². The van der Waals surface area contributed by atoms with Gasteiger partial charge in [0.1, 0.15) is 23.7 Å². The summed E-state index contributed by atoms with van der Waals surface area (Å²) < 4.78 is 16.5. The Labute approximate surface area is 142 Å². The van der Waals surface area contributed by atoms with Crippen LogP contribution in [0.25, 0.3) is 0 Å². The van der Waals surface area contributed by atoms with E-state index in [1.54, 1.807) is 0 Å². The van der Waals surface area contributed by atoms with Gasteiger partial charge in [0.25, 0.3) is 0 Å². The van der Waals surface area contributed by atoms with E-state index >= 15 is 0 Å². The molecule has 0 spiro atoms. The van der Waals surface area contributed by atoms with Gasteiger partial charge in [-0.05, 0) is 31.5 Å². The van der Waals surface area contributed by atoms with Crippen molar-refractivity contribution in [3.63, 3.8) is 0 Å². The van der Waals surface area contributed by atoms with Crippen LogP contribution < -0.4 is 4.74 Å². The molecule has 1 N–H and O–H groups in total. The van der Waals surface area contributed by atoms with Crippen LogP contribution in [0.15, 0.2) is 34.9 Å². The summed E-state index contributed by atoms with van der Waals surface area (Å²) in [6, 6.07) is 9.71. The van der Waals surface area contributed by atoms with Gasteiger partial charge in [-0.1, -0.05) is 17.3 Å². The van der Waals surface area contributed by atoms with Gasteiger partial charge < -0.3 is 19.1 Å². The van der Waals surface area contributed by atoms with Crippen molar-refractivity contribution in [3.05, 3.63) is 47.3 Å². The van der Waals surface area contributed by atoms with E-state index in [1.165, 1.54) is 0 Å². The third-order valence-corrected chi connectivity index (χ3v) is 4.00. The molecular weight excluding hydrogens is 308 g/mol. The maximum atomic E-state index is 10.9. The Balaban J connectivity index is 1.62. The van der Waals surface area contributed by atoms with Gasteiger partial charge in [0.15, 0.2) is 0 Å². The highest BCUT2D eigenvalue weighted by molar-refractivity contribution is 5.27. The zero-order valence-corrected chi connectivity index (χ0v) is 14.2. The highest BCUT2D eigenvalue weighted by Gasteiger charge is 2.33. The van der Waals surface area contributed by atoms with Crippen molar-refractivity contribution in [2.45, 2.75) is 26.0 Å². The Morgan fingerprint density at radius 2 is 2.21 bits per heavy atom. The van der Waals surface area contributed by atoms with Crippen molar-refractivity contribution in [1.29, 1.82) is 0 Å². The summed E-state index contributed by atoms with van der Waals surface area (Å²) in [5, 5.41) is 14.9. The topological polar surface area (TPSA) is 68.0 Å². The molecule has 0 radical (unpaired) electrons. The molecule has 6 nitrogen and oxygen atoms in total. The normalized spacial score (nSPS) is 22.3. The number of benzene rings is 1. The molecule has 1 aromatic carbocycles. The Kier molecular flexibility index (Phi) is 5.18. The summed E-state index contributed by atoms with van der Waals surface area (Å²) in [4.78, 5) is 2.11. The van der Waals surface area contributed by atoms with Crippen molar-refractivity contribution < 1.29 is 19.1 Å². The van der Waals surface area contributed by atoms with E-state index in [0.717, 1.165) is 29.3 Å². The molecule has 1 aromatic heterocycles. The number of aliphatic hydroxyl groups is 1. The zero-order chi connectivity index (χ0) is 17.0. The minimum absolute atomic E-state index is 0.185. The van der Waals surface area contributed by atoms with E-state index in [-0.39, 0.29) is 13.2 Å². The van der Waals surface area contributed by atoms with Gasteiger partial charge in [-0.15, -0.1) is 0 Å². The highest BCUT2D eigenvalue weighted by Crippen LogP contribution is 2.19. The number of hydrogen-bond donors (Lipinski definition) is 1. The SMILES string of the molecule is Cc1cccc(OCC2(O)COCCN(Cc3cc(C)on3)C2)c1. The average Bonchev–Trinajstić information content (AvgIpc) is 2.85. The Hall–Kier alpha value is -1.89. The van der Waals surface area contributed by atoms with Crippen LogP contribution in [0.3, 0.4) is 0 Å². The molecule has 6 heteroatoms. The van der Waals surface area contributed by atoms with Crippen LogP contribution in [0.4, 0.5) is 0 Å². The largest absolute Gasteiger partial charge is 0.490 e. The minimum atomic E-state index is -1.06. The van der Waals surface area contributed by atoms with Gasteiger partial charge >= 0.3 is 0 Å². The summed E-state index contributed by atoms with van der Waals surface area (Å²) in [6.07, 6.45) is 0. The standard InChI is InChI=1S/C18H24N2O4/c1-14-4-3-5-17(8-14)23-13-18(21)11-20(6-7-22-12-18)10-16-9-15(2)24-19-16/h3-5,8-9,21H,6-7,10-13H2,1-2H3. The molecule has 0 saturated carbocycles. The van der Waals surface area contributed by atoms with Gasteiger partial charge in [0, 0.05) is 25.7 Å². The van der Waals surface area contributed by atoms with Crippen molar-refractivity contribution >= 4 is 0 Å². The van der Waals surface area contributed by atoms with Gasteiger partial charge in [-0.3, -0.25) is 4.90 Å². The van der Waals surface area contributed by atoms with E-state index in [1.807, 2.05) is 44.2 Å². The summed E-state index contributed by atoms with van der Waals surface area (Å²) in [5.74, 6) is 1.54. The van der Waals surface area contributed by atoms with E-state index in [9.17, 15) is 5.11 Å². The fourth-order valence-corrected chi connectivity index (χ4v) is 2.86. The Morgan fingerprint density at radius 1 is 1.33 bits per heavy atom. The first-order valence-corrected chi connectivity index (χ1v) is 8.17. The van der Waals surface area contributed by atoms with Crippen molar-refractivity contribution in [1.82, 2.24) is 10.1 Å². The molecule has 1 aliphatic heterocycles. The second-order valence-electron chi connectivity index (χ2n) is 6.52. The number of rotatable bonds is 5. The Bertz CT molecular complexity index is 673. The number of β-amino-alcohol motifs (C(OH)–C–C–N with tert-alkyl or cyclic N) is 1. The number of hydrogen-bond acceptors (Lipinski definition) is 6. The van der Waals surface area contributed by atoms with Gasteiger partial charge in [-0.25, -0.2) is 0 Å². The van der Waals surface area contributed by atoms with Crippen LogP contribution in [0.1, 0.15) is 17.0 Å². The lowest BCUT2D eigenvalue weighted by molar-refractivity contribution is -0.0647. The van der Waals surface area contributed by atoms with E-state index < -0.39 is 5.60 Å². The maximum absolute atomic E-state index is 10.9. The lowest BCUT2D eigenvalue weighted by Crippen LogP contribution is -2.48. The van der Waals surface area contributed by atoms with Gasteiger partial charge in [-0.2, -0.15) is 0 Å². The molecule has 2 aromatic rings. The monoisotopic (exact) mass is 332 g/mol. The molecule has 0 bridgehead atoms. The summed E-state index contributed by atoms with van der Waals surface area (Å²) >= 11 is 0. The first-order chi connectivity index (χ1) is 11.5. The molecule has 3 rings (SSSR count). The summed E-state index contributed by atoms with van der Waals surface area (Å²) in [5.41, 5.74) is 0.926. The van der Waals surface area contributed by atoms with E-state index in [4.69, 9.17) is 14.0 Å². The first kappa shape index (κ1) is 17.0. The highest BCUT2D eigenvalue weighted by atomic mass is 16.5. The fourth-order valence-electron chi connectivity index (χ4n) is 2.86. The molecule has 1 fully saturated rings. The maximum Gasteiger partial charge on any atom is 0.134 e. The predicted molar refractivity (Wildman–Crippen MR) is 89.0 cm³/mol. The molecular formula is C18H24N2O4. The van der Waals surface area contributed by atoms with Crippen LogP contribution in [-0.4, -0.2) is 53.7 Å². The second-order valence-corrected chi connectivity index (χ2v) is 6.52. The third kappa shape index (κ3) is 4.56. The molecule has 0 aliphatic carbocycles. The fraction of sp³-hybridized carbons (Fsp3) is 0.500. The minimum Gasteiger partial charge on any atom is -0.490 e. The van der Waals surface area contributed by atoms with Crippen LogP contribution >= 0.6 is 0 Å². The van der Waals surface area contributed by atoms with Crippen molar-refractivity contribution in [3.8, 4) is 5.75 Å². The molecule has 2 heterocycles. The van der Waals surface area contributed by atoms with Crippen LogP contribution in [-0.2, 0) is 11.3 Å².